The molecule has 1 aliphatic rings. The molecule has 2 atom stereocenters. The van der Waals surface area contributed by atoms with Gasteiger partial charge in [0.05, 0.1) is 6.10 Å². The highest BCUT2D eigenvalue weighted by Gasteiger charge is 2.33. The molecule has 0 aliphatic carbocycles. The molecule has 36 heavy (non-hydrogen) atoms. The second-order valence-electron chi connectivity index (χ2n) is 8.54. The zero-order valence-corrected chi connectivity index (χ0v) is 20.1. The van der Waals surface area contributed by atoms with Crippen LogP contribution in [0.2, 0.25) is 0 Å². The van der Waals surface area contributed by atoms with Gasteiger partial charge in [0.15, 0.2) is 5.82 Å². The van der Waals surface area contributed by atoms with Crippen LogP contribution in [0.1, 0.15) is 43.0 Å². The molecule has 3 heterocycles. The number of aromatic nitrogens is 2. The number of nitrogens with one attached hydrogen (secondary N) is 2. The number of pyridine rings is 1. The Bertz CT molecular complexity index is 1160. The summed E-state index contributed by atoms with van der Waals surface area (Å²) in [5, 5.41) is 9.30. The SMILES string of the molecule is Cc1cc(NC(=O)CCC(=O)N(c2ccccc2)[C@@H](C(=O)NC[C@H]2CCCO2)c2cccnc2)no1. The third-order valence-electron chi connectivity index (χ3n) is 5.80. The fourth-order valence-corrected chi connectivity index (χ4v) is 4.07. The number of aryl methyl sites for hydroxylation is 1. The summed E-state index contributed by atoms with van der Waals surface area (Å²) in [6, 6.07) is 13.0. The van der Waals surface area contributed by atoms with Crippen molar-refractivity contribution < 1.29 is 23.6 Å². The largest absolute Gasteiger partial charge is 0.376 e. The van der Waals surface area contributed by atoms with Gasteiger partial charge in [-0.2, -0.15) is 0 Å². The molecule has 10 heteroatoms. The summed E-state index contributed by atoms with van der Waals surface area (Å²) in [7, 11) is 0. The Morgan fingerprint density at radius 1 is 1.14 bits per heavy atom. The van der Waals surface area contributed by atoms with Crippen LogP contribution in [0.25, 0.3) is 0 Å². The number of benzene rings is 1. The van der Waals surface area contributed by atoms with Gasteiger partial charge in [0.1, 0.15) is 11.8 Å². The minimum absolute atomic E-state index is 0.0479. The van der Waals surface area contributed by atoms with Gasteiger partial charge in [-0.25, -0.2) is 0 Å². The van der Waals surface area contributed by atoms with Crippen molar-refractivity contribution in [3.8, 4) is 0 Å². The Balaban J connectivity index is 1.55. The summed E-state index contributed by atoms with van der Waals surface area (Å²) in [4.78, 5) is 45.1. The van der Waals surface area contributed by atoms with Crippen LogP contribution in [0, 0.1) is 6.92 Å². The minimum Gasteiger partial charge on any atom is -0.376 e. The molecule has 1 aliphatic heterocycles. The van der Waals surface area contributed by atoms with Crippen LogP contribution in [0.5, 0.6) is 0 Å². The first-order valence-electron chi connectivity index (χ1n) is 11.9. The lowest BCUT2D eigenvalue weighted by molar-refractivity contribution is -0.127. The van der Waals surface area contributed by atoms with Crippen LogP contribution in [-0.4, -0.2) is 47.1 Å². The van der Waals surface area contributed by atoms with Gasteiger partial charge >= 0.3 is 0 Å². The zero-order valence-electron chi connectivity index (χ0n) is 20.1. The molecular weight excluding hydrogens is 462 g/mol. The van der Waals surface area contributed by atoms with E-state index >= 15 is 0 Å². The number of amides is 3. The van der Waals surface area contributed by atoms with Crippen LogP contribution >= 0.6 is 0 Å². The number of carbonyl (C=O) groups is 3. The molecule has 2 N–H and O–H groups in total. The number of hydrogen-bond donors (Lipinski definition) is 2. The van der Waals surface area contributed by atoms with Gasteiger partial charge in [0.25, 0.3) is 0 Å². The van der Waals surface area contributed by atoms with E-state index in [0.717, 1.165) is 12.8 Å². The summed E-state index contributed by atoms with van der Waals surface area (Å²) < 4.78 is 10.6. The van der Waals surface area contributed by atoms with E-state index in [1.54, 1.807) is 61.8 Å². The lowest BCUT2D eigenvalue weighted by Gasteiger charge is -2.31. The first-order chi connectivity index (χ1) is 17.5. The van der Waals surface area contributed by atoms with Crippen molar-refractivity contribution in [2.24, 2.45) is 0 Å². The molecule has 0 radical (unpaired) electrons. The van der Waals surface area contributed by atoms with Crippen molar-refractivity contribution in [3.05, 3.63) is 72.2 Å². The predicted octanol–water partition coefficient (Wildman–Crippen LogP) is 3.17. The molecule has 3 aromatic rings. The van der Waals surface area contributed by atoms with Crippen molar-refractivity contribution >= 4 is 29.2 Å². The van der Waals surface area contributed by atoms with Crippen molar-refractivity contribution in [3.63, 3.8) is 0 Å². The summed E-state index contributed by atoms with van der Waals surface area (Å²) in [5.74, 6) is -0.269. The van der Waals surface area contributed by atoms with Crippen LogP contribution < -0.4 is 15.5 Å². The molecule has 4 rings (SSSR count). The van der Waals surface area contributed by atoms with E-state index in [-0.39, 0.29) is 42.5 Å². The molecule has 0 spiro atoms. The minimum atomic E-state index is -0.976. The third-order valence-corrected chi connectivity index (χ3v) is 5.80. The molecule has 3 amide bonds. The Hall–Kier alpha value is -4.05. The van der Waals surface area contributed by atoms with E-state index in [4.69, 9.17) is 9.26 Å². The summed E-state index contributed by atoms with van der Waals surface area (Å²) in [6.45, 7) is 2.75. The molecule has 1 aromatic carbocycles. The summed E-state index contributed by atoms with van der Waals surface area (Å²) >= 11 is 0. The van der Waals surface area contributed by atoms with E-state index in [0.29, 0.717) is 30.2 Å². The highest BCUT2D eigenvalue weighted by atomic mass is 16.5. The Morgan fingerprint density at radius 3 is 2.64 bits per heavy atom. The smallest absolute Gasteiger partial charge is 0.247 e. The topological polar surface area (TPSA) is 127 Å². The molecule has 2 aromatic heterocycles. The highest BCUT2D eigenvalue weighted by Crippen LogP contribution is 2.29. The summed E-state index contributed by atoms with van der Waals surface area (Å²) in [5.41, 5.74) is 1.10. The van der Waals surface area contributed by atoms with E-state index in [9.17, 15) is 14.4 Å². The normalized spacial score (nSPS) is 15.8. The first kappa shape index (κ1) is 25.1. The van der Waals surface area contributed by atoms with E-state index in [2.05, 4.69) is 20.8 Å². The predicted molar refractivity (Wildman–Crippen MR) is 132 cm³/mol. The molecular formula is C26H29N5O5. The molecule has 0 bridgehead atoms. The quantitative estimate of drug-likeness (QED) is 0.446. The third kappa shape index (κ3) is 6.54. The Labute approximate surface area is 209 Å². The Morgan fingerprint density at radius 2 is 1.97 bits per heavy atom. The number of rotatable bonds is 10. The van der Waals surface area contributed by atoms with Crippen molar-refractivity contribution in [1.29, 1.82) is 0 Å². The number of nitrogens with zero attached hydrogens (tertiary/aromatic N) is 3. The van der Waals surface area contributed by atoms with Gasteiger partial charge in [-0.3, -0.25) is 24.3 Å². The van der Waals surface area contributed by atoms with Gasteiger partial charge < -0.3 is 19.9 Å². The second-order valence-corrected chi connectivity index (χ2v) is 8.54. The lowest BCUT2D eigenvalue weighted by atomic mass is 10.0. The monoisotopic (exact) mass is 491 g/mol. The molecule has 0 saturated carbocycles. The van der Waals surface area contributed by atoms with Crippen LogP contribution in [0.15, 0.2) is 65.4 Å². The number of ether oxygens (including phenoxy) is 1. The standard InChI is InChI=1S/C26H29N5O5/c1-18-15-22(30-36-18)29-23(32)11-12-24(33)31(20-8-3-2-4-9-20)25(19-7-5-13-27-16-19)26(34)28-17-21-10-6-14-35-21/h2-5,7-9,13,15-16,21,25H,6,10-12,14,17H2,1H3,(H,28,34)(H,29,30,32)/t21-,25-/m1/s1. The first-order valence-corrected chi connectivity index (χ1v) is 11.9. The number of hydrogen-bond acceptors (Lipinski definition) is 7. The van der Waals surface area contributed by atoms with Crippen molar-refractivity contribution in [1.82, 2.24) is 15.5 Å². The fourth-order valence-electron chi connectivity index (χ4n) is 4.07. The highest BCUT2D eigenvalue weighted by molar-refractivity contribution is 6.03. The maximum atomic E-state index is 13.6. The average Bonchev–Trinajstić information content (AvgIpc) is 3.57. The van der Waals surface area contributed by atoms with E-state index < -0.39 is 6.04 Å². The van der Waals surface area contributed by atoms with Gasteiger partial charge in [-0.15, -0.1) is 0 Å². The van der Waals surface area contributed by atoms with E-state index in [1.807, 2.05) is 6.07 Å². The number of carbonyl (C=O) groups excluding carboxylic acids is 3. The zero-order chi connectivity index (χ0) is 25.3. The fraction of sp³-hybridized carbons (Fsp3) is 0.346. The number of anilines is 2. The molecule has 0 unspecified atom stereocenters. The van der Waals surface area contributed by atoms with Gasteiger partial charge in [-0.05, 0) is 38.0 Å². The Kier molecular flexibility index (Phi) is 8.40. The van der Waals surface area contributed by atoms with Crippen molar-refractivity contribution in [2.45, 2.75) is 44.8 Å². The maximum Gasteiger partial charge on any atom is 0.247 e. The molecule has 188 valence electrons. The molecule has 10 nitrogen and oxygen atoms in total. The van der Waals surface area contributed by atoms with Gasteiger partial charge in [0, 0.05) is 55.7 Å². The van der Waals surface area contributed by atoms with Crippen molar-refractivity contribution in [2.75, 3.05) is 23.4 Å². The van der Waals surface area contributed by atoms with E-state index in [1.165, 1.54) is 4.90 Å². The maximum absolute atomic E-state index is 13.6. The van der Waals surface area contributed by atoms with Gasteiger partial charge in [-0.1, -0.05) is 29.4 Å². The van der Waals surface area contributed by atoms with Crippen LogP contribution in [-0.2, 0) is 19.1 Å². The van der Waals surface area contributed by atoms with Crippen LogP contribution in [0.4, 0.5) is 11.5 Å². The lowest BCUT2D eigenvalue weighted by Crippen LogP contribution is -2.45. The summed E-state index contributed by atoms with van der Waals surface area (Å²) in [6.07, 6.45) is 4.75. The number of para-hydroxylation sites is 1. The molecule has 1 fully saturated rings. The van der Waals surface area contributed by atoms with Gasteiger partial charge in [0.2, 0.25) is 17.7 Å². The van der Waals surface area contributed by atoms with Crippen LogP contribution in [0.3, 0.4) is 0 Å². The second kappa shape index (κ2) is 12.1. The molecule has 1 saturated heterocycles. The average molecular weight is 492 g/mol.